The lowest BCUT2D eigenvalue weighted by Crippen LogP contribution is -2.47. The van der Waals surface area contributed by atoms with Crippen molar-refractivity contribution in [2.75, 3.05) is 20.2 Å². The first-order valence-corrected chi connectivity index (χ1v) is 7.04. The molecule has 1 aromatic carbocycles. The number of amides is 1. The van der Waals surface area contributed by atoms with Crippen LogP contribution in [0, 0.1) is 0 Å². The predicted octanol–water partition coefficient (Wildman–Crippen LogP) is 1.41. The maximum absolute atomic E-state index is 11.9. The maximum atomic E-state index is 11.9. The van der Waals surface area contributed by atoms with Crippen molar-refractivity contribution >= 4 is 18.3 Å². The largest absolute Gasteiger partial charge is 0.497 e. The molecule has 0 aromatic heterocycles. The van der Waals surface area contributed by atoms with E-state index in [1.54, 1.807) is 31.4 Å². The fourth-order valence-electron chi connectivity index (χ4n) is 2.34. The highest BCUT2D eigenvalue weighted by molar-refractivity contribution is 5.85. The van der Waals surface area contributed by atoms with Crippen LogP contribution in [-0.4, -0.2) is 37.3 Å². The SMILES string of the molecule is COc1ccc(C(O)CNC(=O)C2CCCCN2)cc1.Cl. The van der Waals surface area contributed by atoms with Crippen molar-refractivity contribution in [1.29, 1.82) is 0 Å². The number of methoxy groups -OCH3 is 1. The number of carbonyl (C=O) groups excluding carboxylic acids is 1. The van der Waals surface area contributed by atoms with E-state index in [1.807, 2.05) is 0 Å². The van der Waals surface area contributed by atoms with Crippen molar-refractivity contribution in [2.45, 2.75) is 31.4 Å². The van der Waals surface area contributed by atoms with Crippen LogP contribution in [0.1, 0.15) is 30.9 Å². The first-order chi connectivity index (χ1) is 9.70. The molecule has 1 saturated heterocycles. The van der Waals surface area contributed by atoms with Gasteiger partial charge in [-0.25, -0.2) is 0 Å². The Bertz CT molecular complexity index is 433. The average Bonchev–Trinajstić information content (AvgIpc) is 2.53. The van der Waals surface area contributed by atoms with Gasteiger partial charge >= 0.3 is 0 Å². The van der Waals surface area contributed by atoms with Gasteiger partial charge in [-0.15, -0.1) is 12.4 Å². The number of piperidine rings is 1. The van der Waals surface area contributed by atoms with Gasteiger partial charge in [0.1, 0.15) is 5.75 Å². The molecule has 1 heterocycles. The zero-order valence-corrected chi connectivity index (χ0v) is 13.0. The molecule has 0 radical (unpaired) electrons. The van der Waals surface area contributed by atoms with Crippen molar-refractivity contribution < 1.29 is 14.6 Å². The topological polar surface area (TPSA) is 70.6 Å². The van der Waals surface area contributed by atoms with Gasteiger partial charge < -0.3 is 20.5 Å². The lowest BCUT2D eigenvalue weighted by Gasteiger charge is -2.23. The summed E-state index contributed by atoms with van der Waals surface area (Å²) < 4.78 is 5.07. The molecule has 1 fully saturated rings. The third-order valence-electron chi connectivity index (χ3n) is 3.60. The molecule has 1 aliphatic rings. The van der Waals surface area contributed by atoms with E-state index in [0.29, 0.717) is 0 Å². The molecule has 1 amide bonds. The number of ether oxygens (including phenoxy) is 1. The summed E-state index contributed by atoms with van der Waals surface area (Å²) in [5.41, 5.74) is 0.766. The minimum atomic E-state index is -0.701. The van der Waals surface area contributed by atoms with Crippen LogP contribution in [0.15, 0.2) is 24.3 Å². The molecular weight excluding hydrogens is 292 g/mol. The molecule has 6 heteroatoms. The Labute approximate surface area is 131 Å². The summed E-state index contributed by atoms with van der Waals surface area (Å²) in [5.74, 6) is 0.716. The molecule has 21 heavy (non-hydrogen) atoms. The Balaban J connectivity index is 0.00000220. The van der Waals surface area contributed by atoms with Gasteiger partial charge in [-0.2, -0.15) is 0 Å². The van der Waals surface area contributed by atoms with Gasteiger partial charge in [-0.05, 0) is 37.1 Å². The minimum absolute atomic E-state index is 0. The number of halogens is 1. The summed E-state index contributed by atoms with van der Waals surface area (Å²) in [7, 11) is 1.60. The van der Waals surface area contributed by atoms with Gasteiger partial charge in [-0.3, -0.25) is 4.79 Å². The van der Waals surface area contributed by atoms with Gasteiger partial charge in [-0.1, -0.05) is 18.6 Å². The summed E-state index contributed by atoms with van der Waals surface area (Å²) in [6.45, 7) is 1.11. The van der Waals surface area contributed by atoms with E-state index in [-0.39, 0.29) is 30.9 Å². The van der Waals surface area contributed by atoms with Crippen LogP contribution < -0.4 is 15.4 Å². The molecule has 0 spiro atoms. The van der Waals surface area contributed by atoms with E-state index in [0.717, 1.165) is 37.1 Å². The first-order valence-electron chi connectivity index (χ1n) is 7.04. The third-order valence-corrected chi connectivity index (χ3v) is 3.60. The van der Waals surface area contributed by atoms with E-state index >= 15 is 0 Å². The highest BCUT2D eigenvalue weighted by atomic mass is 35.5. The summed E-state index contributed by atoms with van der Waals surface area (Å²) in [6.07, 6.45) is 2.36. The van der Waals surface area contributed by atoms with Crippen LogP contribution in [0.2, 0.25) is 0 Å². The maximum Gasteiger partial charge on any atom is 0.237 e. The van der Waals surface area contributed by atoms with E-state index in [2.05, 4.69) is 10.6 Å². The second-order valence-electron chi connectivity index (χ2n) is 5.04. The third kappa shape index (κ3) is 5.19. The Morgan fingerprint density at radius 2 is 2.14 bits per heavy atom. The lowest BCUT2D eigenvalue weighted by molar-refractivity contribution is -0.124. The highest BCUT2D eigenvalue weighted by Crippen LogP contribution is 2.17. The molecule has 1 aromatic rings. The molecule has 0 bridgehead atoms. The zero-order chi connectivity index (χ0) is 14.4. The number of nitrogens with one attached hydrogen (secondary N) is 2. The summed E-state index contributed by atoms with van der Waals surface area (Å²) in [6, 6.07) is 7.07. The molecule has 0 saturated carbocycles. The molecule has 2 unspecified atom stereocenters. The fraction of sp³-hybridized carbons (Fsp3) is 0.533. The van der Waals surface area contributed by atoms with Crippen LogP contribution >= 0.6 is 12.4 Å². The Morgan fingerprint density at radius 1 is 1.43 bits per heavy atom. The standard InChI is InChI=1S/C15H22N2O3.ClH/c1-20-12-7-5-11(6-8-12)14(18)10-17-15(19)13-4-2-3-9-16-13;/h5-8,13-14,16,18H,2-4,9-10H2,1H3,(H,17,19);1H. The quantitative estimate of drug-likeness (QED) is 0.768. The highest BCUT2D eigenvalue weighted by Gasteiger charge is 2.20. The number of hydrogen-bond donors (Lipinski definition) is 3. The number of carbonyl (C=O) groups is 1. The van der Waals surface area contributed by atoms with Crippen LogP contribution in [-0.2, 0) is 4.79 Å². The number of aliphatic hydroxyl groups is 1. The van der Waals surface area contributed by atoms with Crippen molar-refractivity contribution in [3.8, 4) is 5.75 Å². The number of benzene rings is 1. The average molecular weight is 315 g/mol. The molecule has 3 N–H and O–H groups in total. The Morgan fingerprint density at radius 3 is 2.71 bits per heavy atom. The van der Waals surface area contributed by atoms with Crippen LogP contribution in [0.5, 0.6) is 5.75 Å². The van der Waals surface area contributed by atoms with Crippen molar-refractivity contribution in [3.63, 3.8) is 0 Å². The minimum Gasteiger partial charge on any atom is -0.497 e. The van der Waals surface area contributed by atoms with Gasteiger partial charge in [0.25, 0.3) is 0 Å². The molecule has 1 aliphatic heterocycles. The zero-order valence-electron chi connectivity index (χ0n) is 12.2. The second kappa shape index (κ2) is 8.87. The fourth-order valence-corrected chi connectivity index (χ4v) is 2.34. The Hall–Kier alpha value is -1.30. The van der Waals surface area contributed by atoms with Gasteiger partial charge in [0.05, 0.1) is 19.3 Å². The van der Waals surface area contributed by atoms with Crippen LogP contribution in [0.3, 0.4) is 0 Å². The van der Waals surface area contributed by atoms with Crippen molar-refractivity contribution in [1.82, 2.24) is 10.6 Å². The predicted molar refractivity (Wildman–Crippen MR) is 83.9 cm³/mol. The molecule has 0 aliphatic carbocycles. The van der Waals surface area contributed by atoms with E-state index in [4.69, 9.17) is 4.74 Å². The lowest BCUT2D eigenvalue weighted by atomic mass is 10.0. The summed E-state index contributed by atoms with van der Waals surface area (Å²) >= 11 is 0. The van der Waals surface area contributed by atoms with Gasteiger partial charge in [0.15, 0.2) is 0 Å². The van der Waals surface area contributed by atoms with E-state index < -0.39 is 6.10 Å². The van der Waals surface area contributed by atoms with Gasteiger partial charge in [0.2, 0.25) is 5.91 Å². The molecular formula is C15H23ClN2O3. The van der Waals surface area contributed by atoms with Crippen molar-refractivity contribution in [3.05, 3.63) is 29.8 Å². The molecule has 118 valence electrons. The second-order valence-corrected chi connectivity index (χ2v) is 5.04. The number of aliphatic hydroxyl groups excluding tert-OH is 1. The molecule has 5 nitrogen and oxygen atoms in total. The summed E-state index contributed by atoms with van der Waals surface area (Å²) in [4.78, 5) is 11.9. The normalized spacial score (nSPS) is 19.2. The van der Waals surface area contributed by atoms with Crippen LogP contribution in [0.4, 0.5) is 0 Å². The van der Waals surface area contributed by atoms with Gasteiger partial charge in [0, 0.05) is 6.54 Å². The monoisotopic (exact) mass is 314 g/mol. The first kappa shape index (κ1) is 17.8. The van der Waals surface area contributed by atoms with E-state index in [1.165, 1.54) is 0 Å². The number of rotatable bonds is 5. The summed E-state index contributed by atoms with van der Waals surface area (Å²) in [5, 5.41) is 16.0. The molecule has 2 rings (SSSR count). The smallest absolute Gasteiger partial charge is 0.237 e. The molecule has 2 atom stereocenters. The Kier molecular flexibility index (Phi) is 7.50. The number of hydrogen-bond acceptors (Lipinski definition) is 4. The van der Waals surface area contributed by atoms with Crippen molar-refractivity contribution in [2.24, 2.45) is 0 Å². The van der Waals surface area contributed by atoms with E-state index in [9.17, 15) is 9.90 Å². The van der Waals surface area contributed by atoms with Crippen LogP contribution in [0.25, 0.3) is 0 Å².